The van der Waals surface area contributed by atoms with Crippen LogP contribution in [0.1, 0.15) is 61.9 Å². The second kappa shape index (κ2) is 15.0. The van der Waals surface area contributed by atoms with E-state index in [1.165, 1.54) is 5.56 Å². The van der Waals surface area contributed by atoms with Crippen molar-refractivity contribution in [2.75, 3.05) is 26.2 Å². The molecule has 3 aromatic rings. The van der Waals surface area contributed by atoms with Gasteiger partial charge < -0.3 is 26.2 Å². The fourth-order valence-electron chi connectivity index (χ4n) is 5.41. The van der Waals surface area contributed by atoms with E-state index in [9.17, 15) is 14.4 Å². The maximum absolute atomic E-state index is 13.8. The van der Waals surface area contributed by atoms with E-state index in [1.54, 1.807) is 6.07 Å². The first-order valence-corrected chi connectivity index (χ1v) is 15.2. The summed E-state index contributed by atoms with van der Waals surface area (Å²) in [7, 11) is 0. The molecule has 0 radical (unpaired) electrons. The molecular formula is C33H42ClN5O3. The van der Waals surface area contributed by atoms with Gasteiger partial charge in [-0.15, -0.1) is 0 Å². The summed E-state index contributed by atoms with van der Waals surface area (Å²) in [5.74, 6) is 0.0852. The lowest BCUT2D eigenvalue weighted by Crippen LogP contribution is -2.50. The van der Waals surface area contributed by atoms with Crippen LogP contribution in [0.15, 0.2) is 66.7 Å². The Kier molecular flexibility index (Phi) is 11.2. The lowest BCUT2D eigenvalue weighted by Gasteiger charge is -2.28. The van der Waals surface area contributed by atoms with E-state index >= 15 is 0 Å². The van der Waals surface area contributed by atoms with Crippen LogP contribution in [-0.2, 0) is 4.79 Å². The average molecular weight is 592 g/mol. The van der Waals surface area contributed by atoms with Gasteiger partial charge in [-0.1, -0.05) is 61.0 Å². The van der Waals surface area contributed by atoms with Gasteiger partial charge in [-0.25, -0.2) is 4.79 Å². The second-order valence-electron chi connectivity index (χ2n) is 11.3. The molecule has 1 heterocycles. The molecule has 0 aliphatic carbocycles. The molecule has 1 aliphatic heterocycles. The highest BCUT2D eigenvalue weighted by Crippen LogP contribution is 2.23. The number of hydrogen-bond acceptors (Lipinski definition) is 4. The van der Waals surface area contributed by atoms with Gasteiger partial charge in [-0.2, -0.15) is 0 Å². The van der Waals surface area contributed by atoms with Gasteiger partial charge in [0.1, 0.15) is 0 Å². The van der Waals surface area contributed by atoms with Crippen LogP contribution in [0.2, 0.25) is 5.02 Å². The zero-order valence-corrected chi connectivity index (χ0v) is 25.4. The molecule has 224 valence electrons. The Morgan fingerprint density at radius 2 is 1.76 bits per heavy atom. The van der Waals surface area contributed by atoms with Gasteiger partial charge in [0.2, 0.25) is 5.91 Å². The van der Waals surface area contributed by atoms with Gasteiger partial charge in [0.25, 0.3) is 5.91 Å². The van der Waals surface area contributed by atoms with Gasteiger partial charge >= 0.3 is 6.03 Å². The summed E-state index contributed by atoms with van der Waals surface area (Å²) in [5, 5.41) is 14.8. The van der Waals surface area contributed by atoms with Gasteiger partial charge in [-0.05, 0) is 73.7 Å². The summed E-state index contributed by atoms with van der Waals surface area (Å²) in [6.07, 6.45) is 2.06. The number of fused-ring (bicyclic) bond motifs is 1. The zero-order valence-electron chi connectivity index (χ0n) is 24.7. The number of benzene rings is 3. The number of carbonyl (C=O) groups is 3. The Bertz CT molecular complexity index is 1370. The molecular weight excluding hydrogens is 550 g/mol. The predicted molar refractivity (Wildman–Crippen MR) is 169 cm³/mol. The summed E-state index contributed by atoms with van der Waals surface area (Å²) in [6, 6.07) is 20.6. The van der Waals surface area contributed by atoms with Crippen LogP contribution in [-0.4, -0.2) is 67.0 Å². The minimum Gasteiger partial charge on any atom is -0.350 e. The standard InChI is InChI=1S/C33H42ClN5O3/c1-4-23(24-8-6-5-7-9-24)21-39-17-15-29(38-30(32(39)41)14-16-35-33(42)37-22(2)3)20-36-31(40)27-11-10-26-19-28(34)13-12-25(26)18-27/h5-13,18-19,22-23,29-30,38H,4,14-17,20-21H2,1-3H3,(H,36,40)(H2,35,37,42)/t23-,29-,30-/m1/s1. The highest BCUT2D eigenvalue weighted by atomic mass is 35.5. The molecule has 1 saturated heterocycles. The highest BCUT2D eigenvalue weighted by Gasteiger charge is 2.32. The fourth-order valence-corrected chi connectivity index (χ4v) is 5.59. The van der Waals surface area contributed by atoms with Crippen LogP contribution in [0.5, 0.6) is 0 Å². The summed E-state index contributed by atoms with van der Waals surface area (Å²) < 4.78 is 0. The van der Waals surface area contributed by atoms with Crippen LogP contribution >= 0.6 is 11.6 Å². The molecule has 3 atom stereocenters. The first kappa shape index (κ1) is 31.3. The van der Waals surface area contributed by atoms with E-state index in [-0.39, 0.29) is 35.8 Å². The minimum absolute atomic E-state index is 0.0236. The van der Waals surface area contributed by atoms with E-state index in [1.807, 2.05) is 67.3 Å². The Balaban J connectivity index is 1.43. The Hall–Kier alpha value is -3.62. The van der Waals surface area contributed by atoms with Crippen LogP contribution in [0.3, 0.4) is 0 Å². The van der Waals surface area contributed by atoms with Crippen molar-refractivity contribution < 1.29 is 14.4 Å². The number of nitrogens with zero attached hydrogens (tertiary/aromatic N) is 1. The predicted octanol–water partition coefficient (Wildman–Crippen LogP) is 5.07. The third kappa shape index (κ3) is 8.69. The summed E-state index contributed by atoms with van der Waals surface area (Å²) >= 11 is 6.10. The topological polar surface area (TPSA) is 103 Å². The Labute approximate surface area is 253 Å². The van der Waals surface area contributed by atoms with Crippen LogP contribution < -0.4 is 21.3 Å². The minimum atomic E-state index is -0.479. The third-order valence-corrected chi connectivity index (χ3v) is 7.95. The lowest BCUT2D eigenvalue weighted by atomic mass is 9.95. The zero-order chi connectivity index (χ0) is 30.1. The number of hydrogen-bond donors (Lipinski definition) is 4. The van der Waals surface area contributed by atoms with Crippen molar-refractivity contribution in [2.45, 2.75) is 64.1 Å². The summed E-state index contributed by atoms with van der Waals surface area (Å²) in [4.78, 5) is 40.9. The molecule has 8 nitrogen and oxygen atoms in total. The molecule has 0 saturated carbocycles. The van der Waals surface area contributed by atoms with Gasteiger partial charge in [0.15, 0.2) is 0 Å². The number of urea groups is 1. The number of halogens is 1. The largest absolute Gasteiger partial charge is 0.350 e. The number of amides is 4. The molecule has 4 rings (SSSR count). The molecule has 3 aromatic carbocycles. The van der Waals surface area contributed by atoms with Crippen LogP contribution in [0.25, 0.3) is 10.8 Å². The van der Waals surface area contributed by atoms with Crippen molar-refractivity contribution in [3.8, 4) is 0 Å². The van der Waals surface area contributed by atoms with E-state index in [0.717, 1.165) is 17.2 Å². The van der Waals surface area contributed by atoms with E-state index in [0.29, 0.717) is 49.6 Å². The average Bonchev–Trinajstić information content (AvgIpc) is 3.12. The summed E-state index contributed by atoms with van der Waals surface area (Å²) in [6.45, 7) is 7.89. The van der Waals surface area contributed by atoms with E-state index in [2.05, 4.69) is 40.3 Å². The highest BCUT2D eigenvalue weighted by molar-refractivity contribution is 6.31. The molecule has 9 heteroatoms. The third-order valence-electron chi connectivity index (χ3n) is 7.71. The molecule has 0 spiro atoms. The Morgan fingerprint density at radius 1 is 1.02 bits per heavy atom. The van der Waals surface area contributed by atoms with Crippen molar-refractivity contribution in [1.29, 1.82) is 0 Å². The molecule has 0 unspecified atom stereocenters. The SMILES string of the molecule is CC[C@H](CN1CC[C@H](CNC(=O)c2ccc3cc(Cl)ccc3c2)N[C@H](CCNC(=O)NC(C)C)C1=O)c1ccccc1. The molecule has 0 bridgehead atoms. The van der Waals surface area contributed by atoms with E-state index < -0.39 is 6.04 Å². The first-order valence-electron chi connectivity index (χ1n) is 14.8. The molecule has 0 aromatic heterocycles. The molecule has 4 N–H and O–H groups in total. The van der Waals surface area contributed by atoms with E-state index in [4.69, 9.17) is 11.6 Å². The monoisotopic (exact) mass is 591 g/mol. The van der Waals surface area contributed by atoms with Crippen molar-refractivity contribution in [1.82, 2.24) is 26.2 Å². The fraction of sp³-hybridized carbons (Fsp3) is 0.424. The molecule has 1 aliphatic rings. The molecule has 4 amide bonds. The number of nitrogens with one attached hydrogen (secondary N) is 4. The van der Waals surface area contributed by atoms with Crippen molar-refractivity contribution in [3.63, 3.8) is 0 Å². The lowest BCUT2D eigenvalue weighted by molar-refractivity contribution is -0.133. The van der Waals surface area contributed by atoms with Crippen molar-refractivity contribution in [2.24, 2.45) is 0 Å². The number of rotatable bonds is 11. The Morgan fingerprint density at radius 3 is 2.50 bits per heavy atom. The normalized spacial score (nSPS) is 18.0. The van der Waals surface area contributed by atoms with Crippen LogP contribution in [0, 0.1) is 0 Å². The van der Waals surface area contributed by atoms with Crippen LogP contribution in [0.4, 0.5) is 4.79 Å². The maximum Gasteiger partial charge on any atom is 0.314 e. The second-order valence-corrected chi connectivity index (χ2v) is 11.7. The summed E-state index contributed by atoms with van der Waals surface area (Å²) in [5.41, 5.74) is 1.79. The number of carbonyl (C=O) groups excluding carboxylic acids is 3. The van der Waals surface area contributed by atoms with Crippen molar-refractivity contribution in [3.05, 3.63) is 82.9 Å². The first-order chi connectivity index (χ1) is 20.2. The van der Waals surface area contributed by atoms with Gasteiger partial charge in [-0.3, -0.25) is 9.59 Å². The maximum atomic E-state index is 13.8. The smallest absolute Gasteiger partial charge is 0.314 e. The molecule has 42 heavy (non-hydrogen) atoms. The molecule has 1 fully saturated rings. The quantitative estimate of drug-likeness (QED) is 0.250. The van der Waals surface area contributed by atoms with Gasteiger partial charge in [0, 0.05) is 54.8 Å². The van der Waals surface area contributed by atoms with Gasteiger partial charge in [0.05, 0.1) is 6.04 Å². The van der Waals surface area contributed by atoms with Crippen molar-refractivity contribution >= 4 is 40.2 Å².